The molecule has 1 aliphatic carbocycles. The zero-order chi connectivity index (χ0) is 19.1. The van der Waals surface area contributed by atoms with E-state index in [0.29, 0.717) is 23.8 Å². The van der Waals surface area contributed by atoms with Crippen molar-refractivity contribution in [3.8, 4) is 0 Å². The number of hydrogen-bond acceptors (Lipinski definition) is 6. The van der Waals surface area contributed by atoms with Gasteiger partial charge < -0.3 is 15.0 Å². The number of aliphatic hydroxyl groups is 1. The Hall–Kier alpha value is -2.58. The van der Waals surface area contributed by atoms with Crippen molar-refractivity contribution in [2.45, 2.75) is 44.4 Å². The fraction of sp³-hybridized carbons (Fsp3) is 0.350. The third-order valence-electron chi connectivity index (χ3n) is 5.25. The Balaban J connectivity index is 1.36. The standard InChI is InChI=1S/C20H20FN5OS/c21-13-8-17-19(22-9-13)26(11-23-17)10-12-1-6-16-18(7-12)28-20(25-16)24-14-2-4-15(27)5-3-14/h1,6-9,11,14-15,27H,2-5,10H2,(H,24,25). The minimum absolute atomic E-state index is 0.152. The summed E-state index contributed by atoms with van der Waals surface area (Å²) >= 11 is 1.65. The molecule has 4 aromatic rings. The summed E-state index contributed by atoms with van der Waals surface area (Å²) in [4.78, 5) is 13.1. The smallest absolute Gasteiger partial charge is 0.184 e. The quantitative estimate of drug-likeness (QED) is 0.545. The summed E-state index contributed by atoms with van der Waals surface area (Å²) in [6, 6.07) is 8.00. The van der Waals surface area contributed by atoms with E-state index in [9.17, 15) is 9.50 Å². The van der Waals surface area contributed by atoms with Crippen LogP contribution >= 0.6 is 11.3 Å². The van der Waals surface area contributed by atoms with Gasteiger partial charge in [0.1, 0.15) is 11.3 Å². The predicted octanol–water partition coefficient (Wildman–Crippen LogP) is 3.94. The highest BCUT2D eigenvalue weighted by atomic mass is 32.1. The molecule has 1 saturated carbocycles. The Bertz CT molecular complexity index is 1130. The van der Waals surface area contributed by atoms with E-state index in [-0.39, 0.29) is 11.9 Å². The zero-order valence-electron chi connectivity index (χ0n) is 15.2. The first-order valence-electron chi connectivity index (χ1n) is 9.44. The molecule has 6 nitrogen and oxygen atoms in total. The van der Waals surface area contributed by atoms with E-state index in [4.69, 9.17) is 4.98 Å². The molecular formula is C20H20FN5OS. The van der Waals surface area contributed by atoms with Gasteiger partial charge in [-0.3, -0.25) is 0 Å². The number of aromatic nitrogens is 4. The van der Waals surface area contributed by atoms with E-state index in [2.05, 4.69) is 27.4 Å². The molecule has 0 radical (unpaired) electrons. The number of thiazole rings is 1. The molecule has 0 unspecified atom stereocenters. The summed E-state index contributed by atoms with van der Waals surface area (Å²) in [5, 5.41) is 14.1. The number of rotatable bonds is 4. The molecule has 1 aromatic carbocycles. The molecule has 1 fully saturated rings. The molecule has 28 heavy (non-hydrogen) atoms. The molecule has 5 rings (SSSR count). The van der Waals surface area contributed by atoms with Crippen molar-refractivity contribution in [2.75, 3.05) is 5.32 Å². The van der Waals surface area contributed by atoms with Gasteiger partial charge in [0.2, 0.25) is 0 Å². The molecule has 3 aromatic heterocycles. The van der Waals surface area contributed by atoms with Crippen LogP contribution in [0.4, 0.5) is 9.52 Å². The van der Waals surface area contributed by atoms with E-state index >= 15 is 0 Å². The molecule has 1 aliphatic rings. The van der Waals surface area contributed by atoms with Gasteiger partial charge in [-0.05, 0) is 43.4 Å². The van der Waals surface area contributed by atoms with Crippen LogP contribution < -0.4 is 5.32 Å². The van der Waals surface area contributed by atoms with Crippen molar-refractivity contribution in [1.82, 2.24) is 19.5 Å². The van der Waals surface area contributed by atoms with Crippen LogP contribution in [0.25, 0.3) is 21.4 Å². The molecule has 8 heteroatoms. The Labute approximate surface area is 165 Å². The Morgan fingerprint density at radius 1 is 1.14 bits per heavy atom. The molecule has 3 heterocycles. The summed E-state index contributed by atoms with van der Waals surface area (Å²) in [7, 11) is 0. The van der Waals surface area contributed by atoms with Crippen molar-refractivity contribution >= 4 is 37.8 Å². The maximum Gasteiger partial charge on any atom is 0.184 e. The van der Waals surface area contributed by atoms with Crippen LogP contribution in [-0.2, 0) is 6.54 Å². The number of pyridine rings is 1. The molecule has 2 N–H and O–H groups in total. The van der Waals surface area contributed by atoms with E-state index in [0.717, 1.165) is 46.6 Å². The lowest BCUT2D eigenvalue weighted by Gasteiger charge is -2.25. The SMILES string of the molecule is OC1CCC(Nc2nc3ccc(Cn4cnc5cc(F)cnc54)cc3s2)CC1. The van der Waals surface area contributed by atoms with Crippen LogP contribution in [0, 0.1) is 5.82 Å². The Kier molecular flexibility index (Phi) is 4.44. The summed E-state index contributed by atoms with van der Waals surface area (Å²) in [5.74, 6) is -0.378. The van der Waals surface area contributed by atoms with E-state index < -0.39 is 0 Å². The van der Waals surface area contributed by atoms with Gasteiger partial charge in [0.25, 0.3) is 0 Å². The highest BCUT2D eigenvalue weighted by Gasteiger charge is 2.20. The second-order valence-corrected chi connectivity index (χ2v) is 8.37. The molecule has 0 bridgehead atoms. The van der Waals surface area contributed by atoms with Gasteiger partial charge in [-0.2, -0.15) is 0 Å². The summed E-state index contributed by atoms with van der Waals surface area (Å²) in [6.07, 6.45) is 6.41. The molecule has 144 valence electrons. The number of nitrogens with one attached hydrogen (secondary N) is 1. The zero-order valence-corrected chi connectivity index (χ0v) is 16.0. The molecule has 0 saturated heterocycles. The average molecular weight is 397 g/mol. The molecular weight excluding hydrogens is 377 g/mol. The second-order valence-electron chi connectivity index (χ2n) is 7.34. The Morgan fingerprint density at radius 3 is 2.86 bits per heavy atom. The highest BCUT2D eigenvalue weighted by Crippen LogP contribution is 2.30. The monoisotopic (exact) mass is 397 g/mol. The van der Waals surface area contributed by atoms with Crippen LogP contribution in [0.2, 0.25) is 0 Å². The third kappa shape index (κ3) is 3.45. The Morgan fingerprint density at radius 2 is 2.00 bits per heavy atom. The first-order chi connectivity index (χ1) is 13.6. The fourth-order valence-corrected chi connectivity index (χ4v) is 4.77. The largest absolute Gasteiger partial charge is 0.393 e. The van der Waals surface area contributed by atoms with Crippen LogP contribution in [0.5, 0.6) is 0 Å². The second kappa shape index (κ2) is 7.10. The van der Waals surface area contributed by atoms with E-state index in [1.807, 2.05) is 10.6 Å². The summed E-state index contributed by atoms with van der Waals surface area (Å²) in [6.45, 7) is 0.617. The van der Waals surface area contributed by atoms with Gasteiger partial charge >= 0.3 is 0 Å². The van der Waals surface area contributed by atoms with E-state index in [1.54, 1.807) is 17.7 Å². The normalized spacial score (nSPS) is 20.1. The van der Waals surface area contributed by atoms with E-state index in [1.165, 1.54) is 12.3 Å². The maximum absolute atomic E-state index is 13.3. The van der Waals surface area contributed by atoms with Gasteiger partial charge in [-0.15, -0.1) is 0 Å². The lowest BCUT2D eigenvalue weighted by atomic mass is 9.93. The first kappa shape index (κ1) is 17.5. The maximum atomic E-state index is 13.3. The topological polar surface area (TPSA) is 75.9 Å². The van der Waals surface area contributed by atoms with Crippen LogP contribution in [0.3, 0.4) is 0 Å². The third-order valence-corrected chi connectivity index (χ3v) is 6.20. The number of benzene rings is 1. The number of anilines is 1. The van der Waals surface area contributed by atoms with Crippen LogP contribution in [0.1, 0.15) is 31.2 Å². The number of nitrogens with zero attached hydrogens (tertiary/aromatic N) is 4. The van der Waals surface area contributed by atoms with Gasteiger partial charge in [0.15, 0.2) is 10.8 Å². The van der Waals surface area contributed by atoms with Gasteiger partial charge in [0, 0.05) is 12.1 Å². The van der Waals surface area contributed by atoms with Gasteiger partial charge in [-0.1, -0.05) is 17.4 Å². The minimum atomic E-state index is -0.378. The molecule has 0 spiro atoms. The lowest BCUT2D eigenvalue weighted by Crippen LogP contribution is -2.28. The number of imidazole rings is 1. The van der Waals surface area contributed by atoms with Crippen LogP contribution in [-0.4, -0.2) is 36.8 Å². The minimum Gasteiger partial charge on any atom is -0.393 e. The van der Waals surface area contributed by atoms with Crippen LogP contribution in [0.15, 0.2) is 36.8 Å². The first-order valence-corrected chi connectivity index (χ1v) is 10.3. The summed E-state index contributed by atoms with van der Waals surface area (Å²) < 4.78 is 16.3. The van der Waals surface area contributed by atoms with Crippen molar-refractivity contribution in [2.24, 2.45) is 0 Å². The van der Waals surface area contributed by atoms with Crippen molar-refractivity contribution in [3.63, 3.8) is 0 Å². The molecule has 0 amide bonds. The highest BCUT2D eigenvalue weighted by molar-refractivity contribution is 7.22. The lowest BCUT2D eigenvalue weighted by molar-refractivity contribution is 0.126. The van der Waals surface area contributed by atoms with Crippen molar-refractivity contribution < 1.29 is 9.50 Å². The van der Waals surface area contributed by atoms with Crippen molar-refractivity contribution in [3.05, 3.63) is 48.2 Å². The van der Waals surface area contributed by atoms with Gasteiger partial charge in [0.05, 0.1) is 35.4 Å². The van der Waals surface area contributed by atoms with Gasteiger partial charge in [-0.25, -0.2) is 19.3 Å². The molecule has 0 atom stereocenters. The number of hydrogen-bond donors (Lipinski definition) is 2. The predicted molar refractivity (Wildman–Crippen MR) is 108 cm³/mol. The number of fused-ring (bicyclic) bond motifs is 2. The molecule has 0 aliphatic heterocycles. The number of aliphatic hydroxyl groups excluding tert-OH is 1. The fourth-order valence-electron chi connectivity index (χ4n) is 3.76. The van der Waals surface area contributed by atoms with Crippen molar-refractivity contribution in [1.29, 1.82) is 0 Å². The summed E-state index contributed by atoms with van der Waals surface area (Å²) in [5.41, 5.74) is 3.33. The average Bonchev–Trinajstić information content (AvgIpc) is 3.26. The number of halogens is 1.